The van der Waals surface area contributed by atoms with Gasteiger partial charge in [0.05, 0.1) is 13.2 Å². The number of hydrogen-bond donors (Lipinski definition) is 2. The second-order valence-corrected chi connectivity index (χ2v) is 4.92. The van der Waals surface area contributed by atoms with Gasteiger partial charge in [-0.1, -0.05) is 12.1 Å². The lowest BCUT2D eigenvalue weighted by Crippen LogP contribution is -2.38. The van der Waals surface area contributed by atoms with Crippen molar-refractivity contribution in [2.45, 2.75) is 32.4 Å². The summed E-state index contributed by atoms with van der Waals surface area (Å²) in [6.07, 6.45) is -0.481. The van der Waals surface area contributed by atoms with Crippen LogP contribution in [0.4, 0.5) is 0 Å². The molecule has 16 heavy (non-hydrogen) atoms. The molecule has 0 heterocycles. The molecule has 1 aromatic carbocycles. The Bertz CT molecular complexity index is 314. The number of hydrogen-bond acceptors (Lipinski definition) is 3. The summed E-state index contributed by atoms with van der Waals surface area (Å²) in [4.78, 5) is 0. The first-order valence-corrected chi connectivity index (χ1v) is 5.49. The van der Waals surface area contributed by atoms with E-state index in [4.69, 9.17) is 4.74 Å². The number of benzene rings is 1. The predicted octanol–water partition coefficient (Wildman–Crippen LogP) is 2.12. The number of ether oxygens (including phenoxy) is 1. The van der Waals surface area contributed by atoms with Gasteiger partial charge in [0.1, 0.15) is 5.75 Å². The first-order chi connectivity index (χ1) is 7.42. The van der Waals surface area contributed by atoms with Crippen molar-refractivity contribution in [1.82, 2.24) is 5.32 Å². The van der Waals surface area contributed by atoms with Crippen LogP contribution >= 0.6 is 0 Å². The van der Waals surface area contributed by atoms with Crippen molar-refractivity contribution in [3.63, 3.8) is 0 Å². The minimum atomic E-state index is -0.481. The van der Waals surface area contributed by atoms with Crippen molar-refractivity contribution in [2.24, 2.45) is 0 Å². The SMILES string of the molecule is COc1ccc(C(O)CNC(C)(C)C)cc1. The van der Waals surface area contributed by atoms with Crippen LogP contribution in [0.25, 0.3) is 0 Å². The Balaban J connectivity index is 2.56. The van der Waals surface area contributed by atoms with Gasteiger partial charge in [0.2, 0.25) is 0 Å². The molecule has 0 aromatic heterocycles. The van der Waals surface area contributed by atoms with E-state index < -0.39 is 6.10 Å². The summed E-state index contributed by atoms with van der Waals surface area (Å²) in [5.41, 5.74) is 0.922. The fourth-order valence-corrected chi connectivity index (χ4v) is 1.35. The molecule has 1 unspecified atom stereocenters. The van der Waals surface area contributed by atoms with Crippen LogP contribution in [0.2, 0.25) is 0 Å². The molecule has 0 aliphatic carbocycles. The molecule has 0 saturated heterocycles. The van der Waals surface area contributed by atoms with Gasteiger partial charge < -0.3 is 15.2 Å². The third kappa shape index (κ3) is 4.21. The molecule has 3 nitrogen and oxygen atoms in total. The van der Waals surface area contributed by atoms with Crippen molar-refractivity contribution in [3.05, 3.63) is 29.8 Å². The van der Waals surface area contributed by atoms with Crippen molar-refractivity contribution < 1.29 is 9.84 Å². The van der Waals surface area contributed by atoms with E-state index in [9.17, 15) is 5.11 Å². The molecular formula is C13H21NO2. The molecule has 0 spiro atoms. The number of rotatable bonds is 4. The summed E-state index contributed by atoms with van der Waals surface area (Å²) < 4.78 is 5.07. The van der Waals surface area contributed by atoms with Crippen LogP contribution in [0.5, 0.6) is 5.75 Å². The van der Waals surface area contributed by atoms with Gasteiger partial charge in [-0.15, -0.1) is 0 Å². The maximum Gasteiger partial charge on any atom is 0.118 e. The number of nitrogens with one attached hydrogen (secondary N) is 1. The number of aliphatic hydroxyl groups is 1. The molecule has 3 heteroatoms. The summed E-state index contributed by atoms with van der Waals surface area (Å²) in [6.45, 7) is 6.78. The lowest BCUT2D eigenvalue weighted by Gasteiger charge is -2.23. The molecule has 2 N–H and O–H groups in total. The van der Waals surface area contributed by atoms with Gasteiger partial charge in [-0.05, 0) is 38.5 Å². The van der Waals surface area contributed by atoms with E-state index in [0.29, 0.717) is 6.54 Å². The Labute approximate surface area is 97.4 Å². The minimum Gasteiger partial charge on any atom is -0.497 e. The van der Waals surface area contributed by atoms with Crippen LogP contribution in [0.1, 0.15) is 32.4 Å². The second kappa shape index (κ2) is 5.32. The standard InChI is InChI=1S/C13H21NO2/c1-13(2,3)14-9-12(15)10-5-7-11(16-4)8-6-10/h5-8,12,14-15H,9H2,1-4H3. The normalized spacial score (nSPS) is 13.6. The molecule has 90 valence electrons. The summed E-state index contributed by atoms with van der Waals surface area (Å²) in [5, 5.41) is 13.2. The van der Waals surface area contributed by atoms with Crippen molar-refractivity contribution in [3.8, 4) is 5.75 Å². The van der Waals surface area contributed by atoms with Gasteiger partial charge in [-0.25, -0.2) is 0 Å². The Hall–Kier alpha value is -1.06. The Morgan fingerprint density at radius 1 is 1.25 bits per heavy atom. The zero-order valence-electron chi connectivity index (χ0n) is 10.4. The highest BCUT2D eigenvalue weighted by Gasteiger charge is 2.13. The molecule has 0 aliphatic heterocycles. The number of β-amino-alcohol motifs (C(OH)–C–C–N with tert-alkyl or cyclic N) is 1. The summed E-state index contributed by atoms with van der Waals surface area (Å²) in [7, 11) is 1.63. The van der Waals surface area contributed by atoms with Gasteiger partial charge in [-0.2, -0.15) is 0 Å². The van der Waals surface area contributed by atoms with Crippen LogP contribution in [-0.4, -0.2) is 24.3 Å². The zero-order chi connectivity index (χ0) is 12.2. The largest absolute Gasteiger partial charge is 0.497 e. The highest BCUT2D eigenvalue weighted by molar-refractivity contribution is 5.28. The zero-order valence-corrected chi connectivity index (χ0v) is 10.4. The van der Waals surface area contributed by atoms with E-state index in [1.807, 2.05) is 24.3 Å². The molecule has 0 saturated carbocycles. The van der Waals surface area contributed by atoms with Crippen molar-refractivity contribution in [2.75, 3.05) is 13.7 Å². The maximum atomic E-state index is 9.94. The predicted molar refractivity (Wildman–Crippen MR) is 65.7 cm³/mol. The van der Waals surface area contributed by atoms with Gasteiger partial charge in [-0.3, -0.25) is 0 Å². The highest BCUT2D eigenvalue weighted by Crippen LogP contribution is 2.17. The Morgan fingerprint density at radius 3 is 2.25 bits per heavy atom. The van der Waals surface area contributed by atoms with Crippen LogP contribution in [0.3, 0.4) is 0 Å². The lowest BCUT2D eigenvalue weighted by molar-refractivity contribution is 0.163. The van der Waals surface area contributed by atoms with Crippen LogP contribution in [-0.2, 0) is 0 Å². The molecule has 0 fully saturated rings. The molecule has 0 bridgehead atoms. The minimum absolute atomic E-state index is 0.0213. The van der Waals surface area contributed by atoms with Gasteiger partial charge in [0.15, 0.2) is 0 Å². The first-order valence-electron chi connectivity index (χ1n) is 5.49. The van der Waals surface area contributed by atoms with Crippen molar-refractivity contribution in [1.29, 1.82) is 0 Å². The van der Waals surface area contributed by atoms with Crippen LogP contribution in [0, 0.1) is 0 Å². The number of aliphatic hydroxyl groups excluding tert-OH is 1. The summed E-state index contributed by atoms with van der Waals surface area (Å²) in [6, 6.07) is 7.48. The Morgan fingerprint density at radius 2 is 1.81 bits per heavy atom. The summed E-state index contributed by atoms with van der Waals surface area (Å²) in [5.74, 6) is 0.805. The molecule has 0 aliphatic rings. The van der Waals surface area contributed by atoms with E-state index in [2.05, 4.69) is 26.1 Å². The summed E-state index contributed by atoms with van der Waals surface area (Å²) >= 11 is 0. The average molecular weight is 223 g/mol. The first kappa shape index (κ1) is 13.0. The van der Waals surface area contributed by atoms with E-state index in [1.165, 1.54) is 0 Å². The highest BCUT2D eigenvalue weighted by atomic mass is 16.5. The molecule has 1 rings (SSSR count). The fraction of sp³-hybridized carbons (Fsp3) is 0.538. The molecular weight excluding hydrogens is 202 g/mol. The lowest BCUT2D eigenvalue weighted by atomic mass is 10.1. The van der Waals surface area contributed by atoms with E-state index in [1.54, 1.807) is 7.11 Å². The van der Waals surface area contributed by atoms with Crippen LogP contribution < -0.4 is 10.1 Å². The second-order valence-electron chi connectivity index (χ2n) is 4.92. The van der Waals surface area contributed by atoms with Crippen molar-refractivity contribution >= 4 is 0 Å². The molecule has 1 atom stereocenters. The quantitative estimate of drug-likeness (QED) is 0.821. The van der Waals surface area contributed by atoms with E-state index in [-0.39, 0.29) is 5.54 Å². The smallest absolute Gasteiger partial charge is 0.118 e. The number of methoxy groups -OCH3 is 1. The monoisotopic (exact) mass is 223 g/mol. The topological polar surface area (TPSA) is 41.5 Å². The Kier molecular flexibility index (Phi) is 4.33. The molecule has 0 radical (unpaired) electrons. The van der Waals surface area contributed by atoms with E-state index in [0.717, 1.165) is 11.3 Å². The van der Waals surface area contributed by atoms with Gasteiger partial charge in [0.25, 0.3) is 0 Å². The van der Waals surface area contributed by atoms with Crippen LogP contribution in [0.15, 0.2) is 24.3 Å². The third-order valence-corrected chi connectivity index (χ3v) is 2.33. The maximum absolute atomic E-state index is 9.94. The van der Waals surface area contributed by atoms with Gasteiger partial charge >= 0.3 is 0 Å². The average Bonchev–Trinajstić information content (AvgIpc) is 2.25. The third-order valence-electron chi connectivity index (χ3n) is 2.33. The van der Waals surface area contributed by atoms with Gasteiger partial charge in [0, 0.05) is 12.1 Å². The molecule has 0 amide bonds. The molecule has 1 aromatic rings. The fourth-order valence-electron chi connectivity index (χ4n) is 1.35. The van der Waals surface area contributed by atoms with E-state index >= 15 is 0 Å².